The topological polar surface area (TPSA) is 78.9 Å². The van der Waals surface area contributed by atoms with Crippen LogP contribution in [0.3, 0.4) is 0 Å². The minimum absolute atomic E-state index is 0.335. The standard InChI is InChI=1S/C16H15N3O/c1-11-6-5-9-14(13(11)10-17)19-16(20)15(18)12-7-3-2-4-8-12/h2-9,15H,18H2,1H3,(H,19,20)/t15-/m0/s1. The summed E-state index contributed by atoms with van der Waals surface area (Å²) in [5.74, 6) is -0.335. The van der Waals surface area contributed by atoms with E-state index >= 15 is 0 Å². The molecule has 0 saturated carbocycles. The number of aryl methyl sites for hydroxylation is 1. The lowest BCUT2D eigenvalue weighted by Crippen LogP contribution is -2.28. The minimum Gasteiger partial charge on any atom is -0.323 e. The lowest BCUT2D eigenvalue weighted by molar-refractivity contribution is -0.117. The quantitative estimate of drug-likeness (QED) is 0.894. The summed E-state index contributed by atoms with van der Waals surface area (Å²) in [7, 11) is 0. The number of nitrogens with zero attached hydrogens (tertiary/aromatic N) is 1. The maximum Gasteiger partial charge on any atom is 0.245 e. The Labute approximate surface area is 117 Å². The van der Waals surface area contributed by atoms with Gasteiger partial charge in [0.25, 0.3) is 0 Å². The number of carbonyl (C=O) groups excluding carboxylic acids is 1. The zero-order valence-corrected chi connectivity index (χ0v) is 11.1. The van der Waals surface area contributed by atoms with Crippen molar-refractivity contribution in [1.82, 2.24) is 0 Å². The molecule has 0 aliphatic heterocycles. The van der Waals surface area contributed by atoms with E-state index in [0.29, 0.717) is 11.3 Å². The van der Waals surface area contributed by atoms with Crippen LogP contribution in [0.5, 0.6) is 0 Å². The third-order valence-corrected chi connectivity index (χ3v) is 3.08. The summed E-state index contributed by atoms with van der Waals surface area (Å²) in [6.45, 7) is 1.82. The number of anilines is 1. The highest BCUT2D eigenvalue weighted by molar-refractivity contribution is 5.96. The van der Waals surface area contributed by atoms with Gasteiger partial charge in [-0.1, -0.05) is 42.5 Å². The molecule has 2 rings (SSSR count). The Hall–Kier alpha value is -2.64. The van der Waals surface area contributed by atoms with E-state index in [1.54, 1.807) is 24.3 Å². The highest BCUT2D eigenvalue weighted by Crippen LogP contribution is 2.20. The number of rotatable bonds is 3. The van der Waals surface area contributed by atoms with Crippen LogP contribution < -0.4 is 11.1 Å². The van der Waals surface area contributed by atoms with Crippen molar-refractivity contribution in [3.8, 4) is 6.07 Å². The molecule has 100 valence electrons. The number of hydrogen-bond acceptors (Lipinski definition) is 3. The second kappa shape index (κ2) is 6.00. The summed E-state index contributed by atoms with van der Waals surface area (Å²) in [6, 6.07) is 15.8. The molecule has 4 heteroatoms. The molecule has 0 aliphatic rings. The van der Waals surface area contributed by atoms with Crippen LogP contribution in [-0.2, 0) is 4.79 Å². The van der Waals surface area contributed by atoms with Gasteiger partial charge in [0.15, 0.2) is 0 Å². The number of nitrogens with two attached hydrogens (primary N) is 1. The summed E-state index contributed by atoms with van der Waals surface area (Å²) < 4.78 is 0. The van der Waals surface area contributed by atoms with Crippen LogP contribution >= 0.6 is 0 Å². The van der Waals surface area contributed by atoms with Crippen molar-refractivity contribution in [2.45, 2.75) is 13.0 Å². The summed E-state index contributed by atoms with van der Waals surface area (Å²) in [5.41, 5.74) is 8.42. The molecule has 2 aromatic carbocycles. The van der Waals surface area contributed by atoms with Gasteiger partial charge in [0.05, 0.1) is 11.3 Å². The van der Waals surface area contributed by atoms with E-state index in [9.17, 15) is 4.79 Å². The van der Waals surface area contributed by atoms with Gasteiger partial charge in [-0.3, -0.25) is 4.79 Å². The van der Waals surface area contributed by atoms with E-state index in [4.69, 9.17) is 11.0 Å². The van der Waals surface area contributed by atoms with E-state index in [1.807, 2.05) is 31.2 Å². The number of nitrogens with one attached hydrogen (secondary N) is 1. The average Bonchev–Trinajstić information content (AvgIpc) is 2.47. The monoisotopic (exact) mass is 265 g/mol. The molecular weight excluding hydrogens is 250 g/mol. The largest absolute Gasteiger partial charge is 0.323 e. The fourth-order valence-electron chi connectivity index (χ4n) is 1.94. The Kier molecular flexibility index (Phi) is 4.14. The third kappa shape index (κ3) is 2.85. The zero-order valence-electron chi connectivity index (χ0n) is 11.1. The molecule has 0 heterocycles. The molecule has 0 fully saturated rings. The van der Waals surface area contributed by atoms with E-state index < -0.39 is 6.04 Å². The second-order valence-electron chi connectivity index (χ2n) is 4.49. The first-order valence-electron chi connectivity index (χ1n) is 6.24. The van der Waals surface area contributed by atoms with Gasteiger partial charge in [-0.05, 0) is 24.1 Å². The maximum atomic E-state index is 12.1. The Bertz CT molecular complexity index is 659. The molecule has 0 saturated heterocycles. The van der Waals surface area contributed by atoms with Gasteiger partial charge in [-0.2, -0.15) is 5.26 Å². The highest BCUT2D eigenvalue weighted by Gasteiger charge is 2.17. The number of amides is 1. The molecule has 1 amide bonds. The third-order valence-electron chi connectivity index (χ3n) is 3.08. The Morgan fingerprint density at radius 1 is 1.20 bits per heavy atom. The SMILES string of the molecule is Cc1cccc(NC(=O)[C@@H](N)c2ccccc2)c1C#N. The number of hydrogen-bond donors (Lipinski definition) is 2. The summed E-state index contributed by atoms with van der Waals surface area (Å²) in [4.78, 5) is 12.1. The van der Waals surface area contributed by atoms with Gasteiger partial charge in [0, 0.05) is 0 Å². The van der Waals surface area contributed by atoms with Crippen LogP contribution in [0.15, 0.2) is 48.5 Å². The molecule has 0 aliphatic carbocycles. The molecule has 0 aromatic heterocycles. The molecule has 0 bridgehead atoms. The molecule has 0 spiro atoms. The van der Waals surface area contributed by atoms with Gasteiger partial charge in [-0.15, -0.1) is 0 Å². The van der Waals surface area contributed by atoms with Gasteiger partial charge in [0.1, 0.15) is 12.1 Å². The Morgan fingerprint density at radius 3 is 2.55 bits per heavy atom. The van der Waals surface area contributed by atoms with Crippen LogP contribution in [0.1, 0.15) is 22.7 Å². The summed E-state index contributed by atoms with van der Waals surface area (Å²) in [5, 5.41) is 11.8. The van der Waals surface area contributed by atoms with Crippen molar-refractivity contribution < 1.29 is 4.79 Å². The van der Waals surface area contributed by atoms with E-state index in [2.05, 4.69) is 11.4 Å². The summed E-state index contributed by atoms with van der Waals surface area (Å²) >= 11 is 0. The molecule has 0 radical (unpaired) electrons. The van der Waals surface area contributed by atoms with Gasteiger partial charge in [0.2, 0.25) is 5.91 Å². The lowest BCUT2D eigenvalue weighted by atomic mass is 10.1. The highest BCUT2D eigenvalue weighted by atomic mass is 16.2. The first-order chi connectivity index (χ1) is 9.63. The van der Waals surface area contributed by atoms with Crippen molar-refractivity contribution >= 4 is 11.6 Å². The molecular formula is C16H15N3O. The van der Waals surface area contributed by atoms with Crippen LogP contribution in [0.2, 0.25) is 0 Å². The van der Waals surface area contributed by atoms with Crippen molar-refractivity contribution in [3.05, 3.63) is 65.2 Å². The molecule has 4 nitrogen and oxygen atoms in total. The molecule has 1 atom stereocenters. The number of nitriles is 1. The van der Waals surface area contributed by atoms with E-state index in [-0.39, 0.29) is 5.91 Å². The van der Waals surface area contributed by atoms with Crippen molar-refractivity contribution in [2.24, 2.45) is 5.73 Å². The van der Waals surface area contributed by atoms with Crippen LogP contribution in [-0.4, -0.2) is 5.91 Å². The van der Waals surface area contributed by atoms with E-state index in [0.717, 1.165) is 11.1 Å². The number of benzene rings is 2. The van der Waals surface area contributed by atoms with Crippen molar-refractivity contribution in [1.29, 1.82) is 5.26 Å². The predicted octanol–water partition coefficient (Wildman–Crippen LogP) is 2.51. The molecule has 2 aromatic rings. The first kappa shape index (κ1) is 13.8. The zero-order chi connectivity index (χ0) is 14.5. The average molecular weight is 265 g/mol. The fraction of sp³-hybridized carbons (Fsp3) is 0.125. The molecule has 0 unspecified atom stereocenters. The van der Waals surface area contributed by atoms with Crippen LogP contribution in [0.25, 0.3) is 0 Å². The van der Waals surface area contributed by atoms with Crippen LogP contribution in [0, 0.1) is 18.3 Å². The number of carbonyl (C=O) groups is 1. The second-order valence-corrected chi connectivity index (χ2v) is 4.49. The van der Waals surface area contributed by atoms with Gasteiger partial charge >= 0.3 is 0 Å². The molecule has 3 N–H and O–H groups in total. The van der Waals surface area contributed by atoms with Crippen LogP contribution in [0.4, 0.5) is 5.69 Å². The summed E-state index contributed by atoms with van der Waals surface area (Å²) in [6.07, 6.45) is 0. The van der Waals surface area contributed by atoms with Crippen molar-refractivity contribution in [3.63, 3.8) is 0 Å². The Balaban J connectivity index is 2.21. The van der Waals surface area contributed by atoms with Gasteiger partial charge < -0.3 is 11.1 Å². The minimum atomic E-state index is -0.761. The first-order valence-corrected chi connectivity index (χ1v) is 6.24. The normalized spacial score (nSPS) is 11.4. The van der Waals surface area contributed by atoms with E-state index in [1.165, 1.54) is 0 Å². The lowest BCUT2D eigenvalue weighted by Gasteiger charge is -2.14. The maximum absolute atomic E-state index is 12.1. The van der Waals surface area contributed by atoms with Gasteiger partial charge in [-0.25, -0.2) is 0 Å². The Morgan fingerprint density at radius 2 is 1.90 bits per heavy atom. The van der Waals surface area contributed by atoms with Crippen molar-refractivity contribution in [2.75, 3.05) is 5.32 Å². The fourth-order valence-corrected chi connectivity index (χ4v) is 1.94. The molecule has 20 heavy (non-hydrogen) atoms. The predicted molar refractivity (Wildman–Crippen MR) is 77.9 cm³/mol. The smallest absolute Gasteiger partial charge is 0.245 e.